The van der Waals surface area contributed by atoms with Crippen LogP contribution in [0.4, 0.5) is 5.69 Å². The van der Waals surface area contributed by atoms with Crippen molar-refractivity contribution in [1.29, 1.82) is 0 Å². The summed E-state index contributed by atoms with van der Waals surface area (Å²) in [5.74, 6) is 0.356. The second kappa shape index (κ2) is 10.2. The normalized spacial score (nSPS) is 11.3. The number of carbonyl (C=O) groups excluding carboxylic acids is 1. The van der Waals surface area contributed by atoms with Crippen LogP contribution in [0.2, 0.25) is 0 Å². The van der Waals surface area contributed by atoms with Crippen LogP contribution in [0.1, 0.15) is 27.0 Å². The van der Waals surface area contributed by atoms with Gasteiger partial charge in [-0.15, -0.1) is 0 Å². The van der Waals surface area contributed by atoms with Crippen LogP contribution in [-0.2, 0) is 10.0 Å². The third-order valence-electron chi connectivity index (χ3n) is 5.59. The molecule has 0 aliphatic carbocycles. The minimum atomic E-state index is -3.87. The Morgan fingerprint density at radius 1 is 0.829 bits per heavy atom. The lowest BCUT2D eigenvalue weighted by Gasteiger charge is -2.13. The van der Waals surface area contributed by atoms with Crippen molar-refractivity contribution in [1.82, 2.24) is 5.32 Å². The fourth-order valence-corrected chi connectivity index (χ4v) is 5.28. The number of aryl methyl sites for hydroxylation is 3. The van der Waals surface area contributed by atoms with Gasteiger partial charge in [-0.1, -0.05) is 42.5 Å². The standard InChI is InChI=1S/C28H28N2O4S/c1-19-14-20(2)16-25(15-19)30-35(32,33)27-18-24(9-8-21(27)3)28(31)29-12-13-34-26-11-10-22-6-4-5-7-23(22)17-26/h4-11,14-18,30H,12-13H2,1-3H3,(H,29,31). The molecular formula is C28H28N2O4S. The van der Waals surface area contributed by atoms with E-state index in [4.69, 9.17) is 4.74 Å². The monoisotopic (exact) mass is 488 g/mol. The molecule has 0 fully saturated rings. The zero-order valence-corrected chi connectivity index (χ0v) is 20.8. The third-order valence-corrected chi connectivity index (χ3v) is 7.11. The molecule has 0 heterocycles. The van der Waals surface area contributed by atoms with Crippen molar-refractivity contribution in [2.75, 3.05) is 17.9 Å². The maximum Gasteiger partial charge on any atom is 0.262 e. The molecule has 0 unspecified atom stereocenters. The summed E-state index contributed by atoms with van der Waals surface area (Å²) in [6, 6.07) is 24.0. The van der Waals surface area contributed by atoms with E-state index in [0.29, 0.717) is 11.3 Å². The topological polar surface area (TPSA) is 84.5 Å². The van der Waals surface area contributed by atoms with Gasteiger partial charge in [0.15, 0.2) is 0 Å². The molecule has 4 aromatic rings. The summed E-state index contributed by atoms with van der Waals surface area (Å²) in [7, 11) is -3.87. The SMILES string of the molecule is Cc1cc(C)cc(NS(=O)(=O)c2cc(C(=O)NCCOc3ccc4ccccc4c3)ccc2C)c1. The first-order chi connectivity index (χ1) is 16.7. The highest BCUT2D eigenvalue weighted by atomic mass is 32.2. The lowest BCUT2D eigenvalue weighted by atomic mass is 10.1. The fraction of sp³-hybridized carbons (Fsp3) is 0.179. The minimum absolute atomic E-state index is 0.0664. The number of hydrogen-bond acceptors (Lipinski definition) is 4. The van der Waals surface area contributed by atoms with Crippen molar-refractivity contribution in [3.63, 3.8) is 0 Å². The number of benzene rings is 4. The molecule has 0 aliphatic heterocycles. The molecule has 0 atom stereocenters. The van der Waals surface area contributed by atoms with Crippen molar-refractivity contribution < 1.29 is 17.9 Å². The number of rotatable bonds is 8. The number of amides is 1. The Labute approximate surface area is 206 Å². The maximum atomic E-state index is 13.1. The van der Waals surface area contributed by atoms with Crippen molar-refractivity contribution in [2.45, 2.75) is 25.7 Å². The highest BCUT2D eigenvalue weighted by Crippen LogP contribution is 2.23. The summed E-state index contributed by atoms with van der Waals surface area (Å²) in [5.41, 5.74) is 3.22. The minimum Gasteiger partial charge on any atom is -0.492 e. The van der Waals surface area contributed by atoms with E-state index in [1.807, 2.05) is 62.4 Å². The Morgan fingerprint density at radius 3 is 2.29 bits per heavy atom. The number of carbonyl (C=O) groups is 1. The van der Waals surface area contributed by atoms with Crippen molar-refractivity contribution in [2.24, 2.45) is 0 Å². The van der Waals surface area contributed by atoms with Gasteiger partial charge >= 0.3 is 0 Å². The number of hydrogen-bond donors (Lipinski definition) is 2. The molecular weight excluding hydrogens is 460 g/mol. The molecule has 35 heavy (non-hydrogen) atoms. The van der Waals surface area contributed by atoms with Crippen molar-refractivity contribution in [3.8, 4) is 5.75 Å². The van der Waals surface area contributed by atoms with Crippen molar-refractivity contribution in [3.05, 3.63) is 101 Å². The fourth-order valence-electron chi connectivity index (χ4n) is 3.97. The van der Waals surface area contributed by atoms with Gasteiger partial charge in [0.05, 0.1) is 11.4 Å². The van der Waals surface area contributed by atoms with E-state index in [-0.39, 0.29) is 29.5 Å². The lowest BCUT2D eigenvalue weighted by Crippen LogP contribution is -2.28. The van der Waals surface area contributed by atoms with Crippen LogP contribution < -0.4 is 14.8 Å². The molecule has 0 saturated heterocycles. The predicted octanol–water partition coefficient (Wildman–Crippen LogP) is 5.37. The van der Waals surface area contributed by atoms with E-state index in [9.17, 15) is 13.2 Å². The largest absolute Gasteiger partial charge is 0.492 e. The van der Waals surface area contributed by atoms with Crippen molar-refractivity contribution >= 4 is 32.4 Å². The molecule has 7 heteroatoms. The van der Waals surface area contributed by atoms with Gasteiger partial charge in [0.25, 0.3) is 15.9 Å². The molecule has 0 radical (unpaired) electrons. The Balaban J connectivity index is 1.40. The number of fused-ring (bicyclic) bond motifs is 1. The van der Waals surface area contributed by atoms with Gasteiger partial charge in [0, 0.05) is 11.3 Å². The molecule has 1 amide bonds. The smallest absolute Gasteiger partial charge is 0.262 e. The van der Waals surface area contributed by atoms with E-state index in [1.165, 1.54) is 6.07 Å². The van der Waals surface area contributed by atoms with Crippen LogP contribution in [0.25, 0.3) is 10.8 Å². The number of anilines is 1. The number of nitrogens with one attached hydrogen (secondary N) is 2. The van der Waals surface area contributed by atoms with Gasteiger partial charge in [0.1, 0.15) is 12.4 Å². The summed E-state index contributed by atoms with van der Waals surface area (Å²) in [6.07, 6.45) is 0. The molecule has 4 aromatic carbocycles. The Kier molecular flexibility index (Phi) is 7.07. The zero-order valence-electron chi connectivity index (χ0n) is 20.0. The van der Waals surface area contributed by atoms with Gasteiger partial charge < -0.3 is 10.1 Å². The van der Waals surface area contributed by atoms with E-state index in [0.717, 1.165) is 27.6 Å². The number of sulfonamides is 1. The van der Waals surface area contributed by atoms with E-state index < -0.39 is 10.0 Å². The second-order valence-electron chi connectivity index (χ2n) is 8.58. The van der Waals surface area contributed by atoms with Crippen LogP contribution >= 0.6 is 0 Å². The second-order valence-corrected chi connectivity index (χ2v) is 10.2. The molecule has 0 aliphatic rings. The van der Waals surface area contributed by atoms with E-state index >= 15 is 0 Å². The summed E-state index contributed by atoms with van der Waals surface area (Å²) >= 11 is 0. The Bertz CT molecular complexity index is 1480. The highest BCUT2D eigenvalue weighted by molar-refractivity contribution is 7.92. The van der Waals surface area contributed by atoms with Gasteiger partial charge in [-0.05, 0) is 84.6 Å². The Morgan fingerprint density at radius 2 is 1.54 bits per heavy atom. The van der Waals surface area contributed by atoms with Crippen LogP contribution in [-0.4, -0.2) is 27.5 Å². The van der Waals surface area contributed by atoms with Gasteiger partial charge in [-0.2, -0.15) is 0 Å². The predicted molar refractivity (Wildman–Crippen MR) is 140 cm³/mol. The molecule has 0 aromatic heterocycles. The molecule has 0 saturated carbocycles. The first-order valence-corrected chi connectivity index (χ1v) is 12.8. The highest BCUT2D eigenvalue weighted by Gasteiger charge is 2.19. The molecule has 2 N–H and O–H groups in total. The molecule has 6 nitrogen and oxygen atoms in total. The van der Waals surface area contributed by atoms with Crippen LogP contribution in [0, 0.1) is 20.8 Å². The first kappa shape index (κ1) is 24.3. The van der Waals surface area contributed by atoms with Crippen LogP contribution in [0.3, 0.4) is 0 Å². The average Bonchev–Trinajstić information content (AvgIpc) is 2.80. The number of ether oxygens (including phenoxy) is 1. The first-order valence-electron chi connectivity index (χ1n) is 11.3. The van der Waals surface area contributed by atoms with Crippen LogP contribution in [0.15, 0.2) is 83.8 Å². The molecule has 0 spiro atoms. The van der Waals surface area contributed by atoms with E-state index in [1.54, 1.807) is 31.2 Å². The summed E-state index contributed by atoms with van der Waals surface area (Å²) in [5, 5.41) is 5.00. The summed E-state index contributed by atoms with van der Waals surface area (Å²) in [6.45, 7) is 6.09. The molecule has 0 bridgehead atoms. The molecule has 4 rings (SSSR count). The average molecular weight is 489 g/mol. The molecule has 180 valence electrons. The van der Waals surface area contributed by atoms with Gasteiger partial charge in [0.2, 0.25) is 0 Å². The summed E-state index contributed by atoms with van der Waals surface area (Å²) < 4.78 is 34.5. The van der Waals surface area contributed by atoms with Gasteiger partial charge in [-0.3, -0.25) is 9.52 Å². The Hall–Kier alpha value is -3.84. The quantitative estimate of drug-likeness (QED) is 0.326. The van der Waals surface area contributed by atoms with Gasteiger partial charge in [-0.25, -0.2) is 8.42 Å². The lowest BCUT2D eigenvalue weighted by molar-refractivity contribution is 0.0947. The third kappa shape index (κ3) is 6.00. The zero-order chi connectivity index (χ0) is 25.0. The van der Waals surface area contributed by atoms with Crippen LogP contribution in [0.5, 0.6) is 5.75 Å². The van der Waals surface area contributed by atoms with E-state index in [2.05, 4.69) is 10.0 Å². The maximum absolute atomic E-state index is 13.1. The summed E-state index contributed by atoms with van der Waals surface area (Å²) in [4.78, 5) is 12.8.